The van der Waals surface area contributed by atoms with Crippen molar-refractivity contribution in [2.45, 2.75) is 25.8 Å². The zero-order valence-corrected chi connectivity index (χ0v) is 14.8. The van der Waals surface area contributed by atoms with Gasteiger partial charge in [0.05, 0.1) is 12.2 Å². The van der Waals surface area contributed by atoms with E-state index in [0.717, 1.165) is 27.9 Å². The molecule has 0 bridgehead atoms. The van der Waals surface area contributed by atoms with Crippen LogP contribution in [0.25, 0.3) is 5.65 Å². The number of nitrogens with two attached hydrogens (primary N) is 1. The van der Waals surface area contributed by atoms with Gasteiger partial charge in [0.1, 0.15) is 5.65 Å². The maximum Gasteiger partial charge on any atom is 0.193 e. The molecular formula is C18H18BrN5. The Hall–Kier alpha value is -2.34. The lowest BCUT2D eigenvalue weighted by atomic mass is 10.1. The number of fused-ring (bicyclic) bond motifs is 2. The zero-order valence-electron chi connectivity index (χ0n) is 13.2. The third-order valence-corrected chi connectivity index (χ3v) is 4.72. The molecule has 0 atom stereocenters. The third-order valence-electron chi connectivity index (χ3n) is 4.25. The molecule has 3 N–H and O–H groups in total. The molecule has 2 aromatic heterocycles. The number of guanidine groups is 1. The van der Waals surface area contributed by atoms with Crippen LogP contribution in [0.3, 0.4) is 0 Å². The number of aliphatic imine (C=N–C) groups is 1. The fourth-order valence-corrected chi connectivity index (χ4v) is 3.45. The lowest BCUT2D eigenvalue weighted by Gasteiger charge is -2.07. The van der Waals surface area contributed by atoms with E-state index in [9.17, 15) is 0 Å². The molecule has 4 rings (SSSR count). The molecule has 0 spiro atoms. The predicted molar refractivity (Wildman–Crippen MR) is 100 cm³/mol. The van der Waals surface area contributed by atoms with Crippen LogP contribution in [0, 0.1) is 0 Å². The van der Waals surface area contributed by atoms with Gasteiger partial charge in [-0.15, -0.1) is 0 Å². The number of pyridine rings is 1. The van der Waals surface area contributed by atoms with Crippen LogP contribution in [0.2, 0.25) is 0 Å². The number of aryl methyl sites for hydroxylation is 2. The Morgan fingerprint density at radius 2 is 2.08 bits per heavy atom. The van der Waals surface area contributed by atoms with Gasteiger partial charge in [0.2, 0.25) is 0 Å². The highest BCUT2D eigenvalue weighted by Gasteiger charge is 2.10. The van der Waals surface area contributed by atoms with Gasteiger partial charge in [-0.2, -0.15) is 0 Å². The van der Waals surface area contributed by atoms with Crippen molar-refractivity contribution in [3.05, 3.63) is 64.0 Å². The Labute approximate surface area is 148 Å². The standard InChI is InChI=1S/C18H18BrN5/c19-14-5-7-17-22-16(11-24(17)10-14)9-21-18(20)23-15-6-4-12-2-1-3-13(12)8-15/h4-8,10-11H,1-3,9H2,(H3,20,21,23). The molecule has 122 valence electrons. The van der Waals surface area contributed by atoms with E-state index in [1.165, 1.54) is 24.0 Å². The number of imidazole rings is 1. The van der Waals surface area contributed by atoms with Crippen molar-refractivity contribution in [2.24, 2.45) is 10.7 Å². The molecule has 0 saturated carbocycles. The normalized spacial score (nSPS) is 14.1. The number of benzene rings is 1. The molecular weight excluding hydrogens is 366 g/mol. The summed E-state index contributed by atoms with van der Waals surface area (Å²) in [5.41, 5.74) is 11.7. The molecule has 0 radical (unpaired) electrons. The van der Waals surface area contributed by atoms with Crippen LogP contribution in [0.1, 0.15) is 23.2 Å². The summed E-state index contributed by atoms with van der Waals surface area (Å²) in [7, 11) is 0. The average Bonchev–Trinajstić information content (AvgIpc) is 3.18. The predicted octanol–water partition coefficient (Wildman–Crippen LogP) is 3.51. The first-order valence-corrected chi connectivity index (χ1v) is 8.78. The van der Waals surface area contributed by atoms with Gasteiger partial charge in [0.15, 0.2) is 5.96 Å². The average molecular weight is 384 g/mol. The summed E-state index contributed by atoms with van der Waals surface area (Å²) in [4.78, 5) is 8.93. The van der Waals surface area contributed by atoms with E-state index in [1.54, 1.807) is 0 Å². The number of nitrogens with zero attached hydrogens (tertiary/aromatic N) is 3. The molecule has 1 aliphatic carbocycles. The number of hydrogen-bond acceptors (Lipinski definition) is 2. The van der Waals surface area contributed by atoms with E-state index in [2.05, 4.69) is 49.4 Å². The lowest BCUT2D eigenvalue weighted by Crippen LogP contribution is -2.22. The first-order valence-electron chi connectivity index (χ1n) is 7.99. The fraction of sp³-hybridized carbons (Fsp3) is 0.222. The van der Waals surface area contributed by atoms with Crippen molar-refractivity contribution in [2.75, 3.05) is 5.32 Å². The SMILES string of the molecule is NC(=NCc1cn2cc(Br)ccc2n1)Nc1ccc2c(c1)CCC2. The van der Waals surface area contributed by atoms with Crippen LogP contribution in [-0.4, -0.2) is 15.3 Å². The Balaban J connectivity index is 1.46. The maximum atomic E-state index is 6.01. The topological polar surface area (TPSA) is 67.7 Å². The number of aromatic nitrogens is 2. The van der Waals surface area contributed by atoms with Crippen LogP contribution in [0.4, 0.5) is 5.69 Å². The summed E-state index contributed by atoms with van der Waals surface area (Å²) in [5, 5.41) is 3.17. The van der Waals surface area contributed by atoms with Crippen LogP contribution in [0.15, 0.2) is 52.2 Å². The van der Waals surface area contributed by atoms with Crippen LogP contribution >= 0.6 is 15.9 Å². The van der Waals surface area contributed by atoms with Crippen molar-refractivity contribution in [3.63, 3.8) is 0 Å². The van der Waals surface area contributed by atoms with E-state index in [1.807, 2.05) is 28.9 Å². The monoisotopic (exact) mass is 383 g/mol. The highest BCUT2D eigenvalue weighted by Crippen LogP contribution is 2.24. The Morgan fingerprint density at radius 1 is 1.21 bits per heavy atom. The number of anilines is 1. The second kappa shape index (κ2) is 6.28. The smallest absolute Gasteiger partial charge is 0.193 e. The lowest BCUT2D eigenvalue weighted by molar-refractivity contribution is 0.912. The summed E-state index contributed by atoms with van der Waals surface area (Å²) in [6, 6.07) is 10.3. The first kappa shape index (κ1) is 15.2. The third kappa shape index (κ3) is 3.14. The molecule has 0 unspecified atom stereocenters. The van der Waals surface area contributed by atoms with E-state index in [-0.39, 0.29) is 0 Å². The molecule has 5 nitrogen and oxygen atoms in total. The van der Waals surface area contributed by atoms with E-state index >= 15 is 0 Å². The molecule has 24 heavy (non-hydrogen) atoms. The van der Waals surface area contributed by atoms with Crippen LogP contribution < -0.4 is 11.1 Å². The van der Waals surface area contributed by atoms with Crippen LogP contribution in [0.5, 0.6) is 0 Å². The molecule has 0 saturated heterocycles. The number of hydrogen-bond donors (Lipinski definition) is 2. The minimum Gasteiger partial charge on any atom is -0.370 e. The molecule has 6 heteroatoms. The van der Waals surface area contributed by atoms with Gasteiger partial charge in [-0.05, 0) is 70.6 Å². The van der Waals surface area contributed by atoms with Gasteiger partial charge in [-0.3, -0.25) is 0 Å². The second-order valence-corrected chi connectivity index (χ2v) is 6.92. The van der Waals surface area contributed by atoms with Crippen molar-refractivity contribution in [1.82, 2.24) is 9.38 Å². The summed E-state index contributed by atoms with van der Waals surface area (Å²) >= 11 is 3.46. The quantitative estimate of drug-likeness (QED) is 0.537. The van der Waals surface area contributed by atoms with Gasteiger partial charge in [-0.25, -0.2) is 9.98 Å². The Bertz CT molecular complexity index is 928. The first-order chi connectivity index (χ1) is 11.7. The summed E-state index contributed by atoms with van der Waals surface area (Å²) in [6.45, 7) is 0.447. The number of nitrogens with one attached hydrogen (secondary N) is 1. The minimum atomic E-state index is 0.409. The highest BCUT2D eigenvalue weighted by molar-refractivity contribution is 9.10. The molecule has 3 aromatic rings. The van der Waals surface area contributed by atoms with Gasteiger partial charge in [-0.1, -0.05) is 6.07 Å². The van der Waals surface area contributed by atoms with Gasteiger partial charge < -0.3 is 15.5 Å². The summed E-state index contributed by atoms with van der Waals surface area (Å²) < 4.78 is 2.99. The summed E-state index contributed by atoms with van der Waals surface area (Å²) in [6.07, 6.45) is 7.52. The Morgan fingerprint density at radius 3 is 3.00 bits per heavy atom. The molecule has 1 aliphatic rings. The molecule has 0 aliphatic heterocycles. The fourth-order valence-electron chi connectivity index (χ4n) is 3.10. The largest absolute Gasteiger partial charge is 0.370 e. The number of halogens is 1. The van der Waals surface area contributed by atoms with E-state index in [0.29, 0.717) is 12.5 Å². The zero-order chi connectivity index (χ0) is 16.5. The second-order valence-electron chi connectivity index (χ2n) is 6.01. The molecule has 1 aromatic carbocycles. The van der Waals surface area contributed by atoms with E-state index in [4.69, 9.17) is 5.73 Å². The maximum absolute atomic E-state index is 6.01. The molecule has 0 fully saturated rings. The van der Waals surface area contributed by atoms with Crippen LogP contribution in [-0.2, 0) is 19.4 Å². The van der Waals surface area contributed by atoms with Gasteiger partial charge in [0.25, 0.3) is 0 Å². The summed E-state index contributed by atoms with van der Waals surface area (Å²) in [5.74, 6) is 0.409. The Kier molecular flexibility index (Phi) is 3.98. The van der Waals surface area contributed by atoms with Gasteiger partial charge in [0, 0.05) is 22.6 Å². The molecule has 2 heterocycles. The van der Waals surface area contributed by atoms with Crippen molar-refractivity contribution in [3.8, 4) is 0 Å². The van der Waals surface area contributed by atoms with Crippen molar-refractivity contribution in [1.29, 1.82) is 0 Å². The van der Waals surface area contributed by atoms with Gasteiger partial charge >= 0.3 is 0 Å². The molecule has 0 amide bonds. The van der Waals surface area contributed by atoms with Crippen molar-refractivity contribution < 1.29 is 0 Å². The number of rotatable bonds is 3. The van der Waals surface area contributed by atoms with Crippen molar-refractivity contribution >= 4 is 33.2 Å². The highest BCUT2D eigenvalue weighted by atomic mass is 79.9. The minimum absolute atomic E-state index is 0.409. The van der Waals surface area contributed by atoms with E-state index < -0.39 is 0 Å².